The van der Waals surface area contributed by atoms with Crippen molar-refractivity contribution in [1.82, 2.24) is 4.72 Å². The van der Waals surface area contributed by atoms with Gasteiger partial charge in [-0.05, 0) is 68.1 Å². The van der Waals surface area contributed by atoms with Crippen molar-refractivity contribution in [2.24, 2.45) is 4.99 Å². The number of carbonyl (C=O) groups is 1. The largest absolute Gasteiger partial charge is 0.324 e. The van der Waals surface area contributed by atoms with Crippen molar-refractivity contribution in [2.75, 3.05) is 11.9 Å². The molecule has 1 aliphatic rings. The van der Waals surface area contributed by atoms with Crippen molar-refractivity contribution < 1.29 is 17.6 Å². The van der Waals surface area contributed by atoms with Crippen LogP contribution in [0.4, 0.5) is 10.1 Å². The van der Waals surface area contributed by atoms with Crippen molar-refractivity contribution in [3.05, 3.63) is 70.0 Å². The molecule has 8 heteroatoms. The Bertz CT molecular complexity index is 1170. The molecule has 3 rings (SSSR count). The van der Waals surface area contributed by atoms with Crippen LogP contribution < -0.4 is 10.0 Å². The van der Waals surface area contributed by atoms with E-state index in [1.54, 1.807) is 19.9 Å². The highest BCUT2D eigenvalue weighted by Gasteiger charge is 2.32. The Hall–Kier alpha value is -3.00. The molecule has 2 aromatic rings. The molecule has 0 aliphatic carbocycles. The first-order chi connectivity index (χ1) is 13.6. The van der Waals surface area contributed by atoms with Crippen molar-refractivity contribution in [2.45, 2.75) is 27.7 Å². The van der Waals surface area contributed by atoms with Crippen molar-refractivity contribution in [3.63, 3.8) is 0 Å². The number of benzene rings is 2. The molecule has 6 nitrogen and oxygen atoms in total. The van der Waals surface area contributed by atoms with Gasteiger partial charge < -0.3 is 5.32 Å². The summed E-state index contributed by atoms with van der Waals surface area (Å²) < 4.78 is 40.8. The van der Waals surface area contributed by atoms with Gasteiger partial charge in [-0.3, -0.25) is 14.5 Å². The van der Waals surface area contributed by atoms with Crippen molar-refractivity contribution in [3.8, 4) is 0 Å². The van der Waals surface area contributed by atoms with E-state index in [1.165, 1.54) is 18.2 Å². The zero-order valence-electron chi connectivity index (χ0n) is 16.6. The SMILES string of the molecule is CC1=C(c2ccc(C)c(C)c2)S(=O)(=O)NC1=NCC(=O)Nc1ccc(F)cc1C. The first kappa shape index (κ1) is 20.7. The standard InChI is InChI=1S/C21H22FN3O3S/c1-12-5-6-16(9-13(12)2)20-15(4)21(25-29(20,27)28)23-11-19(26)24-18-8-7-17(22)10-14(18)3/h5-10H,11H2,1-4H3,(H,23,25)(H,24,26). The second-order valence-electron chi connectivity index (χ2n) is 7.03. The Labute approximate surface area is 169 Å². The van der Waals surface area contributed by atoms with E-state index in [-0.39, 0.29) is 23.1 Å². The summed E-state index contributed by atoms with van der Waals surface area (Å²) in [5, 5.41) is 2.65. The molecule has 0 saturated heterocycles. The number of hydrogen-bond acceptors (Lipinski definition) is 4. The van der Waals surface area contributed by atoms with Gasteiger partial charge in [0, 0.05) is 11.3 Å². The average Bonchev–Trinajstić information content (AvgIpc) is 2.87. The van der Waals surface area contributed by atoms with Gasteiger partial charge >= 0.3 is 0 Å². The topological polar surface area (TPSA) is 87.6 Å². The van der Waals surface area contributed by atoms with Gasteiger partial charge in [-0.1, -0.05) is 18.2 Å². The van der Waals surface area contributed by atoms with Crippen molar-refractivity contribution >= 4 is 32.4 Å². The number of nitrogens with zero attached hydrogens (tertiary/aromatic N) is 1. The van der Waals surface area contributed by atoms with Gasteiger partial charge in [0.1, 0.15) is 23.1 Å². The fraction of sp³-hybridized carbons (Fsp3) is 0.238. The second-order valence-corrected chi connectivity index (χ2v) is 8.65. The highest BCUT2D eigenvalue weighted by Crippen LogP contribution is 2.30. The number of carbonyl (C=O) groups excluding carboxylic acids is 1. The van der Waals surface area contributed by atoms with Crippen LogP contribution in [0, 0.1) is 26.6 Å². The Kier molecular flexibility index (Phi) is 5.57. The number of sulfonamides is 1. The Morgan fingerprint density at radius 1 is 1.03 bits per heavy atom. The van der Waals surface area contributed by atoms with Gasteiger partial charge in [-0.25, -0.2) is 12.8 Å². The van der Waals surface area contributed by atoms with E-state index in [0.29, 0.717) is 22.4 Å². The quantitative estimate of drug-likeness (QED) is 0.802. The number of hydrogen-bond donors (Lipinski definition) is 2. The maximum atomic E-state index is 13.2. The highest BCUT2D eigenvalue weighted by atomic mass is 32.2. The zero-order valence-corrected chi connectivity index (χ0v) is 17.4. The molecular weight excluding hydrogens is 393 g/mol. The third kappa shape index (κ3) is 4.37. The number of amidine groups is 1. The highest BCUT2D eigenvalue weighted by molar-refractivity contribution is 8.00. The van der Waals surface area contributed by atoms with Crippen LogP contribution in [-0.4, -0.2) is 26.7 Å². The molecule has 0 aromatic heterocycles. The predicted octanol–water partition coefficient (Wildman–Crippen LogP) is 3.45. The monoisotopic (exact) mass is 415 g/mol. The van der Waals surface area contributed by atoms with E-state index >= 15 is 0 Å². The molecule has 1 aliphatic heterocycles. The summed E-state index contributed by atoms with van der Waals surface area (Å²) >= 11 is 0. The van der Waals surface area contributed by atoms with Crippen LogP contribution in [0.1, 0.15) is 29.2 Å². The normalized spacial score (nSPS) is 16.8. The van der Waals surface area contributed by atoms with Gasteiger partial charge in [-0.2, -0.15) is 0 Å². The summed E-state index contributed by atoms with van der Waals surface area (Å²) in [5.41, 5.74) is 4.15. The van der Waals surface area contributed by atoms with E-state index in [2.05, 4.69) is 15.0 Å². The van der Waals surface area contributed by atoms with E-state index in [4.69, 9.17) is 0 Å². The molecule has 2 aromatic carbocycles. The lowest BCUT2D eigenvalue weighted by Gasteiger charge is -2.07. The van der Waals surface area contributed by atoms with Gasteiger partial charge in [0.25, 0.3) is 10.0 Å². The Balaban J connectivity index is 1.83. The lowest BCUT2D eigenvalue weighted by atomic mass is 10.0. The molecule has 2 N–H and O–H groups in total. The van der Waals surface area contributed by atoms with Gasteiger partial charge in [-0.15, -0.1) is 0 Å². The fourth-order valence-corrected chi connectivity index (χ4v) is 4.59. The van der Waals surface area contributed by atoms with Crippen molar-refractivity contribution in [1.29, 1.82) is 0 Å². The molecular formula is C21H22FN3O3S. The molecule has 0 fully saturated rings. The number of anilines is 1. The van der Waals surface area contributed by atoms with E-state index in [1.807, 2.05) is 26.0 Å². The molecule has 0 bridgehead atoms. The fourth-order valence-electron chi connectivity index (χ4n) is 3.08. The first-order valence-corrected chi connectivity index (χ1v) is 10.5. The third-order valence-electron chi connectivity index (χ3n) is 4.81. The molecule has 152 valence electrons. The molecule has 1 heterocycles. The summed E-state index contributed by atoms with van der Waals surface area (Å²) in [6.07, 6.45) is 0. The van der Waals surface area contributed by atoms with Gasteiger partial charge in [0.2, 0.25) is 5.91 Å². The number of aryl methyl sites for hydroxylation is 3. The molecule has 0 unspecified atom stereocenters. The smallest absolute Gasteiger partial charge is 0.264 e. The van der Waals surface area contributed by atoms with E-state index in [9.17, 15) is 17.6 Å². The van der Waals surface area contributed by atoms with Crippen LogP contribution in [0.25, 0.3) is 4.91 Å². The van der Waals surface area contributed by atoms with E-state index in [0.717, 1.165) is 11.1 Å². The lowest BCUT2D eigenvalue weighted by Crippen LogP contribution is -2.25. The molecule has 29 heavy (non-hydrogen) atoms. The minimum absolute atomic E-state index is 0.143. The summed E-state index contributed by atoms with van der Waals surface area (Å²) in [6, 6.07) is 9.48. The minimum Gasteiger partial charge on any atom is -0.324 e. The third-order valence-corrected chi connectivity index (χ3v) is 6.35. The molecule has 0 atom stereocenters. The number of amides is 1. The summed E-state index contributed by atoms with van der Waals surface area (Å²) in [5.74, 6) is -0.677. The molecule has 0 radical (unpaired) electrons. The zero-order chi connectivity index (χ0) is 21.3. The first-order valence-electron chi connectivity index (χ1n) is 9.00. The summed E-state index contributed by atoms with van der Waals surface area (Å²) in [7, 11) is -3.76. The summed E-state index contributed by atoms with van der Waals surface area (Å²) in [4.78, 5) is 16.5. The Morgan fingerprint density at radius 3 is 2.41 bits per heavy atom. The molecule has 1 amide bonds. The summed E-state index contributed by atoms with van der Waals surface area (Å²) in [6.45, 7) is 6.93. The lowest BCUT2D eigenvalue weighted by molar-refractivity contribution is -0.114. The van der Waals surface area contributed by atoms with Gasteiger partial charge in [0.05, 0.1) is 0 Å². The number of halogens is 1. The maximum Gasteiger partial charge on any atom is 0.264 e. The van der Waals surface area contributed by atoms with Crippen LogP contribution in [0.5, 0.6) is 0 Å². The van der Waals surface area contributed by atoms with Crippen LogP contribution in [0.15, 0.2) is 47.0 Å². The minimum atomic E-state index is -3.76. The van der Waals surface area contributed by atoms with Crippen LogP contribution in [0.3, 0.4) is 0 Å². The number of aliphatic imine (C=N–C) groups is 1. The average molecular weight is 415 g/mol. The second kappa shape index (κ2) is 7.79. The predicted molar refractivity (Wildman–Crippen MR) is 113 cm³/mol. The maximum absolute atomic E-state index is 13.2. The Morgan fingerprint density at radius 2 is 1.76 bits per heavy atom. The van der Waals surface area contributed by atoms with Crippen LogP contribution in [-0.2, 0) is 14.8 Å². The molecule has 0 saturated carbocycles. The van der Waals surface area contributed by atoms with Crippen LogP contribution >= 0.6 is 0 Å². The number of nitrogens with one attached hydrogen (secondary N) is 2. The number of rotatable bonds is 4. The van der Waals surface area contributed by atoms with E-state index < -0.39 is 15.9 Å². The van der Waals surface area contributed by atoms with Gasteiger partial charge in [0.15, 0.2) is 0 Å². The molecule has 0 spiro atoms. The van der Waals surface area contributed by atoms with Crippen LogP contribution in [0.2, 0.25) is 0 Å².